The van der Waals surface area contributed by atoms with Gasteiger partial charge in [0.1, 0.15) is 23.0 Å². The zero-order valence-corrected chi connectivity index (χ0v) is 16.4. The smallest absolute Gasteiger partial charge is 0.264 e. The van der Waals surface area contributed by atoms with E-state index < -0.39 is 5.82 Å². The number of amides is 1. The van der Waals surface area contributed by atoms with Crippen LogP contribution in [-0.4, -0.2) is 11.1 Å². The van der Waals surface area contributed by atoms with Gasteiger partial charge < -0.3 is 9.73 Å². The molecule has 0 aliphatic carbocycles. The maximum Gasteiger partial charge on any atom is 0.264 e. The highest BCUT2D eigenvalue weighted by Gasteiger charge is 2.25. The van der Waals surface area contributed by atoms with Crippen LogP contribution in [0.4, 0.5) is 10.1 Å². The minimum absolute atomic E-state index is 0.153. The highest BCUT2D eigenvalue weighted by molar-refractivity contribution is 8.18. The van der Waals surface area contributed by atoms with Gasteiger partial charge in [-0.3, -0.25) is 4.79 Å². The number of carbonyl (C=O) groups is 1. The van der Waals surface area contributed by atoms with Gasteiger partial charge in [0, 0.05) is 6.08 Å². The lowest BCUT2D eigenvalue weighted by atomic mass is 10.2. The van der Waals surface area contributed by atoms with E-state index in [9.17, 15) is 9.18 Å². The molecule has 140 valence electrons. The van der Waals surface area contributed by atoms with E-state index in [4.69, 9.17) is 27.6 Å². The molecular weight excluding hydrogens is 422 g/mol. The molecule has 0 unspecified atom stereocenters. The molecule has 1 aromatic heterocycles. The molecule has 0 atom stereocenters. The van der Waals surface area contributed by atoms with Gasteiger partial charge in [-0.05, 0) is 48.2 Å². The van der Waals surface area contributed by atoms with Crippen LogP contribution in [0.3, 0.4) is 0 Å². The predicted octanol–water partition coefficient (Wildman–Crippen LogP) is 6.28. The molecule has 0 bridgehead atoms. The number of furan rings is 1. The number of hydrogen-bond acceptors (Lipinski definition) is 4. The van der Waals surface area contributed by atoms with Gasteiger partial charge in [0.05, 0.1) is 20.5 Å². The van der Waals surface area contributed by atoms with Crippen molar-refractivity contribution in [3.63, 3.8) is 0 Å². The van der Waals surface area contributed by atoms with E-state index in [1.165, 1.54) is 12.1 Å². The van der Waals surface area contributed by atoms with E-state index in [-0.39, 0.29) is 11.6 Å². The highest BCUT2D eigenvalue weighted by atomic mass is 35.5. The fraction of sp³-hybridized carbons (Fsp3) is 0. The number of para-hydroxylation sites is 1. The molecule has 8 heteroatoms. The molecule has 1 N–H and O–H groups in total. The van der Waals surface area contributed by atoms with Crippen molar-refractivity contribution < 1.29 is 13.6 Å². The Labute approximate surface area is 174 Å². The number of nitrogens with zero attached hydrogens (tertiary/aromatic N) is 1. The summed E-state index contributed by atoms with van der Waals surface area (Å²) in [7, 11) is 0. The number of aliphatic imine (C=N–C) groups is 1. The molecule has 1 aliphatic heterocycles. The highest BCUT2D eigenvalue weighted by Crippen LogP contribution is 2.36. The minimum Gasteiger partial charge on any atom is -0.457 e. The van der Waals surface area contributed by atoms with Crippen LogP contribution in [0.5, 0.6) is 0 Å². The van der Waals surface area contributed by atoms with Gasteiger partial charge in [-0.15, -0.1) is 0 Å². The number of hydrogen-bond donors (Lipinski definition) is 1. The van der Waals surface area contributed by atoms with E-state index in [2.05, 4.69) is 10.3 Å². The van der Waals surface area contributed by atoms with Gasteiger partial charge in [-0.1, -0.05) is 41.4 Å². The van der Waals surface area contributed by atoms with Crippen molar-refractivity contribution in [1.82, 2.24) is 5.32 Å². The Bertz CT molecular complexity index is 1120. The zero-order valence-electron chi connectivity index (χ0n) is 14.1. The van der Waals surface area contributed by atoms with Crippen LogP contribution < -0.4 is 5.32 Å². The van der Waals surface area contributed by atoms with Crippen LogP contribution in [-0.2, 0) is 4.79 Å². The van der Waals surface area contributed by atoms with E-state index in [1.807, 2.05) is 0 Å². The Hall–Kier alpha value is -2.54. The molecule has 0 spiro atoms. The fourth-order valence-electron chi connectivity index (χ4n) is 2.56. The summed E-state index contributed by atoms with van der Waals surface area (Å²) in [4.78, 5) is 16.7. The summed E-state index contributed by atoms with van der Waals surface area (Å²) >= 11 is 13.5. The largest absolute Gasteiger partial charge is 0.457 e. The summed E-state index contributed by atoms with van der Waals surface area (Å²) in [6, 6.07) is 14.7. The normalized spacial score (nSPS) is 16.8. The first-order chi connectivity index (χ1) is 13.5. The molecule has 2 aromatic carbocycles. The molecule has 1 saturated heterocycles. The Kier molecular flexibility index (Phi) is 5.26. The molecule has 0 radical (unpaired) electrons. The Morgan fingerprint density at radius 1 is 1.04 bits per heavy atom. The van der Waals surface area contributed by atoms with Crippen molar-refractivity contribution >= 4 is 57.8 Å². The van der Waals surface area contributed by atoms with Gasteiger partial charge in [0.2, 0.25) is 0 Å². The summed E-state index contributed by atoms with van der Waals surface area (Å²) < 4.78 is 19.5. The molecule has 3 aromatic rings. The monoisotopic (exact) mass is 432 g/mol. The number of nitrogens with one attached hydrogen (secondary N) is 1. The van der Waals surface area contributed by atoms with E-state index >= 15 is 0 Å². The maximum atomic E-state index is 13.7. The first-order valence-corrected chi connectivity index (χ1v) is 9.67. The SMILES string of the molecule is O=C1NC(=Nc2ccccc2F)S/C1=C/c1ccc(-c2c(Cl)cccc2Cl)o1. The molecular formula is C20H11Cl2FN2O2S. The van der Waals surface area contributed by atoms with Crippen LogP contribution in [0.2, 0.25) is 10.0 Å². The van der Waals surface area contributed by atoms with Crippen molar-refractivity contribution in [2.75, 3.05) is 0 Å². The molecule has 4 rings (SSSR count). The van der Waals surface area contributed by atoms with Gasteiger partial charge in [-0.2, -0.15) is 0 Å². The standard InChI is InChI=1S/C20H11Cl2FN2O2S/c21-12-4-3-5-13(22)18(12)16-9-8-11(27-16)10-17-19(26)25-20(28-17)24-15-7-2-1-6-14(15)23/h1-10H,(H,24,25,26)/b17-10+. The fourth-order valence-corrected chi connectivity index (χ4v) is 3.96. The Morgan fingerprint density at radius 2 is 1.79 bits per heavy atom. The Balaban J connectivity index is 1.60. The quantitative estimate of drug-likeness (QED) is 0.495. The first-order valence-electron chi connectivity index (χ1n) is 8.09. The Morgan fingerprint density at radius 3 is 2.54 bits per heavy atom. The molecule has 1 amide bonds. The zero-order chi connectivity index (χ0) is 19.7. The molecule has 1 aliphatic rings. The molecule has 1 fully saturated rings. The van der Waals surface area contributed by atoms with Crippen molar-refractivity contribution in [1.29, 1.82) is 0 Å². The second-order valence-corrected chi connectivity index (χ2v) is 7.58. The summed E-state index contributed by atoms with van der Waals surface area (Å²) in [5.41, 5.74) is 0.737. The van der Waals surface area contributed by atoms with Crippen molar-refractivity contribution in [3.05, 3.63) is 81.1 Å². The number of amidine groups is 1. The average molecular weight is 433 g/mol. The summed E-state index contributed by atoms with van der Waals surface area (Å²) in [5.74, 6) is 0.144. The first kappa shape index (κ1) is 18.8. The van der Waals surface area contributed by atoms with E-state index in [1.54, 1.807) is 48.5 Å². The van der Waals surface area contributed by atoms with Gasteiger partial charge in [0.15, 0.2) is 5.17 Å². The summed E-state index contributed by atoms with van der Waals surface area (Å²) in [6.07, 6.45) is 1.58. The molecule has 28 heavy (non-hydrogen) atoms. The lowest BCUT2D eigenvalue weighted by Crippen LogP contribution is -2.19. The minimum atomic E-state index is -0.463. The third-order valence-corrected chi connectivity index (χ3v) is 5.37. The van der Waals surface area contributed by atoms with Crippen LogP contribution in [0.25, 0.3) is 17.4 Å². The van der Waals surface area contributed by atoms with Gasteiger partial charge in [0.25, 0.3) is 5.91 Å². The maximum absolute atomic E-state index is 13.7. The lowest BCUT2D eigenvalue weighted by Gasteiger charge is -2.02. The average Bonchev–Trinajstić information content (AvgIpc) is 3.24. The molecule has 4 nitrogen and oxygen atoms in total. The topological polar surface area (TPSA) is 54.6 Å². The molecule has 2 heterocycles. The van der Waals surface area contributed by atoms with E-state index in [0.29, 0.717) is 37.2 Å². The second kappa shape index (κ2) is 7.83. The summed E-state index contributed by atoms with van der Waals surface area (Å²) in [6.45, 7) is 0. The third kappa shape index (κ3) is 3.85. The third-order valence-electron chi connectivity index (χ3n) is 3.83. The van der Waals surface area contributed by atoms with Crippen molar-refractivity contribution in [2.45, 2.75) is 0 Å². The van der Waals surface area contributed by atoms with Crippen LogP contribution in [0, 0.1) is 5.82 Å². The summed E-state index contributed by atoms with van der Waals surface area (Å²) in [5, 5.41) is 3.84. The molecule has 0 saturated carbocycles. The number of halogens is 3. The van der Waals surface area contributed by atoms with Gasteiger partial charge in [-0.25, -0.2) is 9.38 Å². The second-order valence-electron chi connectivity index (χ2n) is 5.73. The lowest BCUT2D eigenvalue weighted by molar-refractivity contribution is -0.115. The number of carbonyl (C=O) groups excluding carboxylic acids is 1. The predicted molar refractivity (Wildman–Crippen MR) is 111 cm³/mol. The van der Waals surface area contributed by atoms with Crippen LogP contribution in [0.15, 0.2) is 68.9 Å². The number of rotatable bonds is 3. The number of benzene rings is 2. The van der Waals surface area contributed by atoms with Crippen LogP contribution >= 0.6 is 35.0 Å². The number of thioether (sulfide) groups is 1. The van der Waals surface area contributed by atoms with Crippen LogP contribution in [0.1, 0.15) is 5.76 Å². The van der Waals surface area contributed by atoms with Crippen molar-refractivity contribution in [3.8, 4) is 11.3 Å². The van der Waals surface area contributed by atoms with E-state index in [0.717, 1.165) is 11.8 Å². The van der Waals surface area contributed by atoms with Crippen molar-refractivity contribution in [2.24, 2.45) is 4.99 Å². The van der Waals surface area contributed by atoms with Gasteiger partial charge >= 0.3 is 0 Å².